The maximum absolute atomic E-state index is 14.2. The van der Waals surface area contributed by atoms with Crippen molar-refractivity contribution in [1.29, 1.82) is 0 Å². The second-order valence-corrected chi connectivity index (χ2v) is 26.3. The van der Waals surface area contributed by atoms with Crippen LogP contribution in [0.1, 0.15) is 178 Å². The molecule has 0 aromatic rings. The van der Waals surface area contributed by atoms with Crippen molar-refractivity contribution in [3.63, 3.8) is 0 Å². The summed E-state index contributed by atoms with van der Waals surface area (Å²) in [5.41, 5.74) is -2.68. The highest BCUT2D eigenvalue weighted by atomic mass is 17.3. The van der Waals surface area contributed by atoms with Gasteiger partial charge in [0.25, 0.3) is 0 Å². The standard InChI is InChI=1S/C57H81NO21/c1-28-10-13-37-31(4)46(68-49-55(37)34(28)22-25-52(7,71-49)74-77-55)65-43(62)19-16-40(59)58(41(60)17-20-44(63)66-47-32(5)38-14-11-29(2)35-23-26-53(8)72-50(69-47)56(35,38)78-75-53)42(61)18-21-45(64)67-48-33(6)39-15-12-30(3)36-24-27-54(9)73-51(70-48)57(36,39)79-76-54/h28-39,46-51H,10-27H2,1-9H3/t28-,29-,30-,31-,32-,33-,34+,35+,36+,37+,38+,39+,46-,47-,48-,49-,50-,51-,52+,53+,54+,55-,56-,57-/m1/s1. The van der Waals surface area contributed by atoms with Crippen molar-refractivity contribution in [2.45, 2.75) is 250 Å². The van der Waals surface area contributed by atoms with Crippen LogP contribution in [0.3, 0.4) is 0 Å². The second-order valence-electron chi connectivity index (χ2n) is 26.3. The Bertz CT molecular complexity index is 2170. The Morgan fingerprint density at radius 2 is 0.658 bits per heavy atom. The molecule has 3 amide bonds. The number of carbonyl (C=O) groups is 6. The van der Waals surface area contributed by atoms with Crippen LogP contribution in [0.2, 0.25) is 0 Å². The van der Waals surface area contributed by atoms with Crippen LogP contribution >= 0.6 is 0 Å². The van der Waals surface area contributed by atoms with E-state index in [0.29, 0.717) is 41.9 Å². The van der Waals surface area contributed by atoms with Crippen molar-refractivity contribution in [3.05, 3.63) is 0 Å². The van der Waals surface area contributed by atoms with E-state index in [-0.39, 0.29) is 53.3 Å². The van der Waals surface area contributed by atoms with E-state index < -0.39 is 146 Å². The summed E-state index contributed by atoms with van der Waals surface area (Å²) in [6.07, 6.45) is 0.00844. The van der Waals surface area contributed by atoms with Crippen LogP contribution in [0.15, 0.2) is 0 Å². The molecule has 3 saturated carbocycles. The Balaban J connectivity index is 0.708. The van der Waals surface area contributed by atoms with Crippen LogP contribution in [0, 0.1) is 71.0 Å². The lowest BCUT2D eigenvalue weighted by atomic mass is 9.58. The first-order valence-corrected chi connectivity index (χ1v) is 29.6. The molecule has 79 heavy (non-hydrogen) atoms. The van der Waals surface area contributed by atoms with Crippen LogP contribution in [0.5, 0.6) is 0 Å². The van der Waals surface area contributed by atoms with Gasteiger partial charge in [-0.15, -0.1) is 0 Å². The van der Waals surface area contributed by atoms with Crippen molar-refractivity contribution >= 4 is 35.6 Å². The first-order valence-electron chi connectivity index (χ1n) is 29.6. The molecule has 0 radical (unpaired) electrons. The van der Waals surface area contributed by atoms with Gasteiger partial charge in [0.05, 0.1) is 19.3 Å². The van der Waals surface area contributed by atoms with E-state index in [1.165, 1.54) is 0 Å². The largest absolute Gasteiger partial charge is 0.435 e. The van der Waals surface area contributed by atoms with E-state index in [1.54, 1.807) is 20.8 Å². The molecule has 3 aliphatic carbocycles. The van der Waals surface area contributed by atoms with Crippen LogP contribution in [0.4, 0.5) is 0 Å². The molecule has 15 rings (SSSR count). The monoisotopic (exact) mass is 1120 g/mol. The number of hydrogen-bond acceptors (Lipinski definition) is 21. The first kappa shape index (κ1) is 56.2. The molecule has 24 atom stereocenters. The third-order valence-corrected chi connectivity index (χ3v) is 21.4. The van der Waals surface area contributed by atoms with E-state index in [1.807, 2.05) is 20.8 Å². The highest BCUT2D eigenvalue weighted by Gasteiger charge is 2.73. The first-order chi connectivity index (χ1) is 37.5. The molecular weight excluding hydrogens is 1030 g/mol. The molecular formula is C57H81NO21. The van der Waals surface area contributed by atoms with Gasteiger partial charge in [-0.3, -0.25) is 28.8 Å². The molecule has 12 heterocycles. The van der Waals surface area contributed by atoms with Crippen LogP contribution in [-0.2, 0) is 101 Å². The fraction of sp³-hybridized carbons (Fsp3) is 0.895. The fourth-order valence-corrected chi connectivity index (χ4v) is 17.0. The molecule has 0 N–H and O–H groups in total. The second kappa shape index (κ2) is 20.5. The van der Waals surface area contributed by atoms with E-state index in [0.717, 1.165) is 57.8 Å². The van der Waals surface area contributed by atoms with Crippen LogP contribution in [0.25, 0.3) is 0 Å². The number of nitrogens with zero attached hydrogens (tertiary/aromatic N) is 1. The molecule has 15 aliphatic rings. The minimum Gasteiger partial charge on any atom is -0.435 e. The summed E-state index contributed by atoms with van der Waals surface area (Å²) in [4.78, 5) is 121. The zero-order chi connectivity index (χ0) is 55.8. The number of hydrogen-bond donors (Lipinski definition) is 0. The SMILES string of the molecule is C[C@H]1[C@H](OC(=O)CCC(=O)N(C(=O)CCC(=O)O[C@@H]2O[C@@H]3O[C@]4(C)CC[C@H]5[C@H](C)CC[C@@H]([C@H]2C)[C@@]35OO4)C(=O)CCC(=O)O[C@@H]2O[C@@H]3O[C@]4(C)CC[C@H]5[C@H](C)CC[C@@H]([C@H]2C)[C@@]35OO4)O[C@@H]2O[C@]3(C)CC[C@H]4[C@H](C)CC[C@@H]1[C@@]24OO3. The quantitative estimate of drug-likeness (QED) is 0.105. The minimum absolute atomic E-state index is 0.0863. The summed E-state index contributed by atoms with van der Waals surface area (Å²) in [5.74, 6) is -8.94. The number of esters is 3. The molecule has 12 saturated heterocycles. The summed E-state index contributed by atoms with van der Waals surface area (Å²) >= 11 is 0. The van der Waals surface area contributed by atoms with Gasteiger partial charge in [0, 0.05) is 74.0 Å². The summed E-state index contributed by atoms with van der Waals surface area (Å²) < 4.78 is 56.3. The number of imide groups is 3. The minimum atomic E-state index is -1.06. The Morgan fingerprint density at radius 1 is 0.380 bits per heavy atom. The highest BCUT2D eigenvalue weighted by molar-refractivity contribution is 6.11. The van der Waals surface area contributed by atoms with Crippen LogP contribution < -0.4 is 0 Å². The number of amides is 3. The summed E-state index contributed by atoms with van der Waals surface area (Å²) in [5, 5.41) is 0. The normalized spacial score (nSPS) is 49.8. The molecule has 0 unspecified atom stereocenters. The number of rotatable bonds is 12. The zero-order valence-electron chi connectivity index (χ0n) is 47.1. The van der Waals surface area contributed by atoms with Gasteiger partial charge in [0.2, 0.25) is 54.0 Å². The molecule has 440 valence electrons. The third kappa shape index (κ3) is 9.25. The van der Waals surface area contributed by atoms with Crippen molar-refractivity contribution < 1.29 is 101 Å². The summed E-state index contributed by atoms with van der Waals surface area (Å²) in [6.45, 7) is 17.7. The summed E-state index contributed by atoms with van der Waals surface area (Å²) in [7, 11) is 0. The predicted molar refractivity (Wildman–Crippen MR) is 263 cm³/mol. The van der Waals surface area contributed by atoms with Gasteiger partial charge >= 0.3 is 17.9 Å². The Kier molecular flexibility index (Phi) is 14.6. The Hall–Kier alpha value is -3.26. The maximum Gasteiger partial charge on any atom is 0.308 e. The lowest BCUT2D eigenvalue weighted by Crippen LogP contribution is -2.70. The van der Waals surface area contributed by atoms with Crippen LogP contribution in [-0.4, -0.2) is 112 Å². The average molecular weight is 1120 g/mol. The maximum atomic E-state index is 14.2. The lowest BCUT2D eigenvalue weighted by molar-refractivity contribution is -0.576. The lowest BCUT2D eigenvalue weighted by Gasteiger charge is -2.59. The van der Waals surface area contributed by atoms with Crippen molar-refractivity contribution in [1.82, 2.24) is 4.90 Å². The Labute approximate surface area is 460 Å². The topological polar surface area (TPSA) is 244 Å². The zero-order valence-corrected chi connectivity index (χ0v) is 47.1. The Morgan fingerprint density at radius 3 is 0.937 bits per heavy atom. The molecule has 0 aromatic carbocycles. The third-order valence-electron chi connectivity index (χ3n) is 21.4. The number of ether oxygens (including phenoxy) is 9. The van der Waals surface area contributed by atoms with E-state index in [4.69, 9.17) is 72.0 Å². The molecule has 0 aromatic heterocycles. The van der Waals surface area contributed by atoms with E-state index in [9.17, 15) is 28.8 Å². The number of carbonyl (C=O) groups excluding carboxylic acids is 6. The van der Waals surface area contributed by atoms with Gasteiger partial charge in [-0.2, -0.15) is 0 Å². The van der Waals surface area contributed by atoms with Crippen molar-refractivity contribution in [2.75, 3.05) is 0 Å². The summed E-state index contributed by atoms with van der Waals surface area (Å²) in [6, 6.07) is 0. The molecule has 6 bridgehead atoms. The van der Waals surface area contributed by atoms with E-state index >= 15 is 0 Å². The average Bonchev–Trinajstić information content (AvgIpc) is 2.74. The van der Waals surface area contributed by atoms with E-state index in [2.05, 4.69) is 20.8 Å². The van der Waals surface area contributed by atoms with Gasteiger partial charge in [-0.05, 0) is 114 Å². The highest BCUT2D eigenvalue weighted by Crippen LogP contribution is 2.64. The van der Waals surface area contributed by atoms with Crippen molar-refractivity contribution in [2.24, 2.45) is 71.0 Å². The molecule has 22 heteroatoms. The molecule has 12 aliphatic heterocycles. The van der Waals surface area contributed by atoms with Gasteiger partial charge in [-0.1, -0.05) is 41.5 Å². The smallest absolute Gasteiger partial charge is 0.308 e. The van der Waals surface area contributed by atoms with Gasteiger partial charge < -0.3 is 42.6 Å². The predicted octanol–water partition coefficient (Wildman–Crippen LogP) is 7.46. The van der Waals surface area contributed by atoms with Gasteiger partial charge in [0.15, 0.2) is 35.7 Å². The van der Waals surface area contributed by atoms with Gasteiger partial charge in [-0.25, -0.2) is 34.2 Å². The molecule has 22 nitrogen and oxygen atoms in total. The molecule has 15 fully saturated rings. The van der Waals surface area contributed by atoms with Crippen molar-refractivity contribution in [3.8, 4) is 0 Å². The van der Waals surface area contributed by atoms with Gasteiger partial charge in [0.1, 0.15) is 0 Å². The number of fused-ring (bicyclic) bond motifs is 6. The fourth-order valence-electron chi connectivity index (χ4n) is 17.0. The molecule has 3 spiro atoms.